The number of halogens is 1. The molecule has 0 spiro atoms. The van der Waals surface area contributed by atoms with Gasteiger partial charge in [-0.25, -0.2) is 0 Å². The maximum Gasteiger partial charge on any atom is 0.244 e. The largest absolute Gasteiger partial charge is 0.349 e. The number of nitrogens with zero attached hydrogens (tertiary/aromatic N) is 4. The molecule has 2 aromatic heterocycles. The summed E-state index contributed by atoms with van der Waals surface area (Å²) >= 11 is 6.03. The van der Waals surface area contributed by atoms with Crippen molar-refractivity contribution >= 4 is 29.1 Å². The Morgan fingerprint density at radius 1 is 1.13 bits per heavy atom. The van der Waals surface area contributed by atoms with Gasteiger partial charge in [-0.2, -0.15) is 10.1 Å². The predicted molar refractivity (Wildman–Crippen MR) is 90.9 cm³/mol. The highest BCUT2D eigenvalue weighted by molar-refractivity contribution is 6.30. The molecule has 23 heavy (non-hydrogen) atoms. The second kappa shape index (κ2) is 7.02. The fraction of sp³-hybridized carbons (Fsp3) is 0.125. The van der Waals surface area contributed by atoms with E-state index in [0.29, 0.717) is 23.3 Å². The Kier molecular flexibility index (Phi) is 4.63. The fourth-order valence-corrected chi connectivity index (χ4v) is 2.16. The molecule has 3 rings (SSSR count). The third kappa shape index (κ3) is 4.14. The molecule has 1 aromatic carbocycles. The maximum atomic E-state index is 6.03. The zero-order valence-electron chi connectivity index (χ0n) is 12.5. The second-order valence-electron chi connectivity index (χ2n) is 4.96. The molecule has 0 unspecified atom stereocenters. The number of aromatic nitrogens is 4. The number of anilines is 3. The fourth-order valence-electron chi connectivity index (χ4n) is 1.99. The van der Waals surface area contributed by atoms with Crippen molar-refractivity contribution in [2.75, 3.05) is 10.6 Å². The average Bonchev–Trinajstić information content (AvgIpc) is 2.58. The lowest BCUT2D eigenvalue weighted by atomic mass is 10.2. The van der Waals surface area contributed by atoms with E-state index in [1.54, 1.807) is 18.6 Å². The SMILES string of the molecule is Cc1ccc(Cl)cc1Nc1cnnc(NCc2ccncc2)n1. The number of nitrogens with one attached hydrogen (secondary N) is 2. The van der Waals surface area contributed by atoms with Gasteiger partial charge in [0.1, 0.15) is 0 Å². The Hall–Kier alpha value is -2.73. The van der Waals surface area contributed by atoms with Crippen LogP contribution in [0.1, 0.15) is 11.1 Å². The number of hydrogen-bond acceptors (Lipinski definition) is 6. The van der Waals surface area contributed by atoms with Crippen LogP contribution in [0.3, 0.4) is 0 Å². The van der Waals surface area contributed by atoms with Crippen molar-refractivity contribution < 1.29 is 0 Å². The summed E-state index contributed by atoms with van der Waals surface area (Å²) in [7, 11) is 0. The van der Waals surface area contributed by atoms with E-state index in [2.05, 4.69) is 30.8 Å². The van der Waals surface area contributed by atoms with Gasteiger partial charge in [0.15, 0.2) is 5.82 Å². The summed E-state index contributed by atoms with van der Waals surface area (Å²) in [4.78, 5) is 8.38. The highest BCUT2D eigenvalue weighted by Crippen LogP contribution is 2.23. The molecular formula is C16H15ClN6. The summed E-state index contributed by atoms with van der Waals surface area (Å²) in [5.74, 6) is 1.05. The molecule has 2 N–H and O–H groups in total. The topological polar surface area (TPSA) is 75.6 Å². The van der Waals surface area contributed by atoms with Gasteiger partial charge in [0.25, 0.3) is 0 Å². The zero-order valence-corrected chi connectivity index (χ0v) is 13.2. The van der Waals surface area contributed by atoms with E-state index in [1.807, 2.05) is 37.3 Å². The number of rotatable bonds is 5. The number of hydrogen-bond donors (Lipinski definition) is 2. The Bertz CT molecular complexity index is 794. The minimum Gasteiger partial charge on any atom is -0.349 e. The van der Waals surface area contributed by atoms with Crippen molar-refractivity contribution in [1.82, 2.24) is 20.2 Å². The molecule has 116 valence electrons. The van der Waals surface area contributed by atoms with Crippen LogP contribution < -0.4 is 10.6 Å². The first-order valence-corrected chi connectivity index (χ1v) is 7.44. The smallest absolute Gasteiger partial charge is 0.244 e. The normalized spacial score (nSPS) is 10.3. The summed E-state index contributed by atoms with van der Waals surface area (Å²) in [6, 6.07) is 9.50. The lowest BCUT2D eigenvalue weighted by molar-refractivity contribution is 0.947. The highest BCUT2D eigenvalue weighted by atomic mass is 35.5. The van der Waals surface area contributed by atoms with Gasteiger partial charge in [0.05, 0.1) is 6.20 Å². The standard InChI is InChI=1S/C16H15ClN6/c1-11-2-3-13(17)8-14(11)21-15-10-20-23-16(22-15)19-9-12-4-6-18-7-5-12/h2-8,10H,9H2,1H3,(H2,19,21,22,23). The summed E-state index contributed by atoms with van der Waals surface area (Å²) in [6.45, 7) is 2.60. The Labute approximate surface area is 139 Å². The molecule has 0 saturated heterocycles. The quantitative estimate of drug-likeness (QED) is 0.746. The van der Waals surface area contributed by atoms with E-state index >= 15 is 0 Å². The van der Waals surface area contributed by atoms with Gasteiger partial charge in [-0.15, -0.1) is 5.10 Å². The average molecular weight is 327 g/mol. The minimum atomic E-state index is 0.450. The molecule has 0 aliphatic heterocycles. The Morgan fingerprint density at radius 3 is 2.78 bits per heavy atom. The van der Waals surface area contributed by atoms with E-state index in [9.17, 15) is 0 Å². The van der Waals surface area contributed by atoms with Gasteiger partial charge < -0.3 is 10.6 Å². The molecule has 0 saturated carbocycles. The van der Waals surface area contributed by atoms with Crippen LogP contribution in [0, 0.1) is 6.92 Å². The molecule has 0 aliphatic rings. The van der Waals surface area contributed by atoms with Crippen LogP contribution in [-0.2, 0) is 6.54 Å². The van der Waals surface area contributed by atoms with Gasteiger partial charge in [-0.05, 0) is 42.3 Å². The second-order valence-corrected chi connectivity index (χ2v) is 5.39. The molecule has 0 radical (unpaired) electrons. The van der Waals surface area contributed by atoms with Crippen LogP contribution in [-0.4, -0.2) is 20.2 Å². The molecule has 3 aromatic rings. The van der Waals surface area contributed by atoms with Crippen LogP contribution >= 0.6 is 11.6 Å². The van der Waals surface area contributed by atoms with Gasteiger partial charge >= 0.3 is 0 Å². The molecule has 0 atom stereocenters. The summed E-state index contributed by atoms with van der Waals surface area (Å²) in [5, 5.41) is 14.9. The molecule has 0 amide bonds. The van der Waals surface area contributed by atoms with E-state index in [0.717, 1.165) is 16.8 Å². The monoisotopic (exact) mass is 326 g/mol. The van der Waals surface area contributed by atoms with Crippen LogP contribution in [0.4, 0.5) is 17.5 Å². The number of benzene rings is 1. The summed E-state index contributed by atoms with van der Waals surface area (Å²) in [6.07, 6.45) is 5.06. The Balaban J connectivity index is 1.71. The molecule has 0 bridgehead atoms. The summed E-state index contributed by atoms with van der Waals surface area (Å²) < 4.78 is 0. The van der Waals surface area contributed by atoms with Crippen LogP contribution in [0.2, 0.25) is 5.02 Å². The zero-order chi connectivity index (χ0) is 16.1. The van der Waals surface area contributed by atoms with Gasteiger partial charge in [0, 0.05) is 29.6 Å². The number of pyridine rings is 1. The summed E-state index contributed by atoms with van der Waals surface area (Å²) in [5.41, 5.74) is 3.05. The van der Waals surface area contributed by atoms with E-state index in [4.69, 9.17) is 11.6 Å². The predicted octanol–water partition coefficient (Wildman–Crippen LogP) is 3.58. The van der Waals surface area contributed by atoms with Crippen molar-refractivity contribution in [3.8, 4) is 0 Å². The van der Waals surface area contributed by atoms with Crippen molar-refractivity contribution in [2.24, 2.45) is 0 Å². The van der Waals surface area contributed by atoms with Crippen molar-refractivity contribution in [2.45, 2.75) is 13.5 Å². The third-order valence-corrected chi connectivity index (χ3v) is 3.46. The lowest BCUT2D eigenvalue weighted by Crippen LogP contribution is -2.06. The molecular weight excluding hydrogens is 312 g/mol. The van der Waals surface area contributed by atoms with Crippen LogP contribution in [0.5, 0.6) is 0 Å². The molecule has 6 nitrogen and oxygen atoms in total. The highest BCUT2D eigenvalue weighted by Gasteiger charge is 2.04. The first kappa shape index (κ1) is 15.2. The van der Waals surface area contributed by atoms with E-state index in [-0.39, 0.29) is 0 Å². The maximum absolute atomic E-state index is 6.03. The van der Waals surface area contributed by atoms with Crippen molar-refractivity contribution in [3.63, 3.8) is 0 Å². The van der Waals surface area contributed by atoms with Crippen molar-refractivity contribution in [1.29, 1.82) is 0 Å². The van der Waals surface area contributed by atoms with Gasteiger partial charge in [0.2, 0.25) is 5.95 Å². The first-order chi connectivity index (χ1) is 11.2. The van der Waals surface area contributed by atoms with Crippen LogP contribution in [0.15, 0.2) is 48.9 Å². The van der Waals surface area contributed by atoms with Gasteiger partial charge in [-0.1, -0.05) is 17.7 Å². The van der Waals surface area contributed by atoms with Crippen molar-refractivity contribution in [3.05, 3.63) is 65.1 Å². The molecule has 2 heterocycles. The van der Waals surface area contributed by atoms with Crippen LogP contribution in [0.25, 0.3) is 0 Å². The van der Waals surface area contributed by atoms with E-state index in [1.165, 1.54) is 0 Å². The van der Waals surface area contributed by atoms with Gasteiger partial charge in [-0.3, -0.25) is 4.98 Å². The molecule has 7 heteroatoms. The third-order valence-electron chi connectivity index (χ3n) is 3.22. The molecule has 0 fully saturated rings. The number of aryl methyl sites for hydroxylation is 1. The molecule has 0 aliphatic carbocycles. The van der Waals surface area contributed by atoms with E-state index < -0.39 is 0 Å². The lowest BCUT2D eigenvalue weighted by Gasteiger charge is -2.10. The Morgan fingerprint density at radius 2 is 1.96 bits per heavy atom. The first-order valence-electron chi connectivity index (χ1n) is 7.06. The minimum absolute atomic E-state index is 0.450.